The summed E-state index contributed by atoms with van der Waals surface area (Å²) in [6, 6.07) is 4.05. The standard InChI is InChI=1S/C13H12BrFN4O/c14-10-5-9(6-11(15)7-10)13(20)19-4-3-18-12-8-16-1-2-17-12/h1-2,5-8H,3-4H2,(H,17,18)(H,19,20). The van der Waals surface area contributed by atoms with Gasteiger partial charge in [0.25, 0.3) is 5.91 Å². The molecule has 1 heterocycles. The number of rotatable bonds is 5. The molecule has 2 N–H and O–H groups in total. The number of amides is 1. The van der Waals surface area contributed by atoms with Gasteiger partial charge in [0.05, 0.1) is 6.20 Å². The van der Waals surface area contributed by atoms with Gasteiger partial charge < -0.3 is 10.6 Å². The van der Waals surface area contributed by atoms with Crippen molar-refractivity contribution < 1.29 is 9.18 Å². The summed E-state index contributed by atoms with van der Waals surface area (Å²) < 4.78 is 13.7. The third-order valence-corrected chi connectivity index (χ3v) is 2.86. The molecular weight excluding hydrogens is 327 g/mol. The van der Waals surface area contributed by atoms with Crippen LogP contribution in [0.2, 0.25) is 0 Å². The number of aromatic nitrogens is 2. The zero-order valence-electron chi connectivity index (χ0n) is 10.4. The highest BCUT2D eigenvalue weighted by molar-refractivity contribution is 9.10. The molecule has 0 saturated heterocycles. The van der Waals surface area contributed by atoms with Gasteiger partial charge in [-0.25, -0.2) is 9.37 Å². The zero-order valence-corrected chi connectivity index (χ0v) is 12.0. The minimum absolute atomic E-state index is 0.274. The van der Waals surface area contributed by atoms with Crippen molar-refractivity contribution >= 4 is 27.7 Å². The van der Waals surface area contributed by atoms with Crippen LogP contribution < -0.4 is 10.6 Å². The molecule has 5 nitrogen and oxygen atoms in total. The molecule has 0 saturated carbocycles. The molecule has 20 heavy (non-hydrogen) atoms. The van der Waals surface area contributed by atoms with Crippen molar-refractivity contribution in [3.05, 3.63) is 52.6 Å². The Bertz CT molecular complexity index is 574. The van der Waals surface area contributed by atoms with Crippen LogP contribution in [0.25, 0.3) is 0 Å². The molecule has 0 unspecified atom stereocenters. The second-order valence-electron chi connectivity index (χ2n) is 3.93. The third kappa shape index (κ3) is 4.27. The second kappa shape index (κ2) is 6.95. The van der Waals surface area contributed by atoms with E-state index in [1.807, 2.05) is 0 Å². The zero-order chi connectivity index (χ0) is 14.4. The highest BCUT2D eigenvalue weighted by Gasteiger charge is 2.07. The molecule has 0 aliphatic carbocycles. The number of halogens is 2. The van der Waals surface area contributed by atoms with Crippen molar-refractivity contribution in [2.75, 3.05) is 18.4 Å². The largest absolute Gasteiger partial charge is 0.367 e. The molecule has 104 valence electrons. The predicted molar refractivity (Wildman–Crippen MR) is 77.0 cm³/mol. The summed E-state index contributed by atoms with van der Waals surface area (Å²) in [6.07, 6.45) is 4.74. The summed E-state index contributed by atoms with van der Waals surface area (Å²) in [4.78, 5) is 19.7. The smallest absolute Gasteiger partial charge is 0.251 e. The molecule has 0 bridgehead atoms. The number of anilines is 1. The van der Waals surface area contributed by atoms with E-state index in [2.05, 4.69) is 36.5 Å². The fraction of sp³-hybridized carbons (Fsp3) is 0.154. The number of hydrogen-bond donors (Lipinski definition) is 2. The molecule has 1 amide bonds. The van der Waals surface area contributed by atoms with Crippen LogP contribution in [0.1, 0.15) is 10.4 Å². The highest BCUT2D eigenvalue weighted by Crippen LogP contribution is 2.14. The molecule has 1 aromatic heterocycles. The van der Waals surface area contributed by atoms with E-state index in [9.17, 15) is 9.18 Å². The lowest BCUT2D eigenvalue weighted by Crippen LogP contribution is -2.29. The first kappa shape index (κ1) is 14.4. The van der Waals surface area contributed by atoms with Gasteiger partial charge in [-0.2, -0.15) is 0 Å². The Labute approximate surface area is 123 Å². The predicted octanol–water partition coefficient (Wildman–Crippen LogP) is 2.22. The van der Waals surface area contributed by atoms with E-state index in [0.29, 0.717) is 23.4 Å². The van der Waals surface area contributed by atoms with Crippen LogP contribution in [0.4, 0.5) is 10.2 Å². The third-order valence-electron chi connectivity index (χ3n) is 2.40. The average Bonchev–Trinajstić information content (AvgIpc) is 2.43. The number of nitrogens with one attached hydrogen (secondary N) is 2. The lowest BCUT2D eigenvalue weighted by atomic mass is 10.2. The maximum absolute atomic E-state index is 13.2. The van der Waals surface area contributed by atoms with Gasteiger partial charge in [-0.1, -0.05) is 15.9 Å². The lowest BCUT2D eigenvalue weighted by Gasteiger charge is -2.07. The number of hydrogen-bond acceptors (Lipinski definition) is 4. The monoisotopic (exact) mass is 338 g/mol. The Balaban J connectivity index is 1.80. The number of nitrogens with zero attached hydrogens (tertiary/aromatic N) is 2. The average molecular weight is 339 g/mol. The molecule has 0 fully saturated rings. The maximum Gasteiger partial charge on any atom is 0.251 e. The molecular formula is C13H12BrFN4O. The van der Waals surface area contributed by atoms with Gasteiger partial charge in [-0.3, -0.25) is 9.78 Å². The van der Waals surface area contributed by atoms with Gasteiger partial charge in [-0.15, -0.1) is 0 Å². The van der Waals surface area contributed by atoms with Crippen LogP contribution in [0.5, 0.6) is 0 Å². The Morgan fingerprint density at radius 2 is 2.10 bits per heavy atom. The van der Waals surface area contributed by atoms with Crippen molar-refractivity contribution in [2.24, 2.45) is 0 Å². The summed E-state index contributed by atoms with van der Waals surface area (Å²) >= 11 is 3.15. The Morgan fingerprint density at radius 3 is 2.80 bits per heavy atom. The Kier molecular flexibility index (Phi) is 5.00. The van der Waals surface area contributed by atoms with Crippen molar-refractivity contribution in [3.63, 3.8) is 0 Å². The van der Waals surface area contributed by atoms with Gasteiger partial charge in [0.15, 0.2) is 0 Å². The Hall–Kier alpha value is -2.02. The minimum atomic E-state index is -0.456. The summed E-state index contributed by atoms with van der Waals surface area (Å²) in [5.41, 5.74) is 0.274. The molecule has 0 spiro atoms. The summed E-state index contributed by atoms with van der Waals surface area (Å²) in [6.45, 7) is 0.893. The minimum Gasteiger partial charge on any atom is -0.367 e. The summed E-state index contributed by atoms with van der Waals surface area (Å²) in [7, 11) is 0. The number of benzene rings is 1. The van der Waals surface area contributed by atoms with Crippen LogP contribution in [0.3, 0.4) is 0 Å². The number of carbonyl (C=O) groups excluding carboxylic acids is 1. The normalized spacial score (nSPS) is 10.1. The first-order valence-corrected chi connectivity index (χ1v) is 6.68. The first-order chi connectivity index (χ1) is 9.65. The van der Waals surface area contributed by atoms with E-state index in [1.165, 1.54) is 12.1 Å². The van der Waals surface area contributed by atoms with Crippen LogP contribution >= 0.6 is 15.9 Å². The molecule has 2 rings (SSSR count). The van der Waals surface area contributed by atoms with Crippen LogP contribution in [0, 0.1) is 5.82 Å². The summed E-state index contributed by atoms with van der Waals surface area (Å²) in [5, 5.41) is 5.69. The van der Waals surface area contributed by atoms with E-state index < -0.39 is 5.82 Å². The van der Waals surface area contributed by atoms with E-state index >= 15 is 0 Å². The van der Waals surface area contributed by atoms with E-state index in [4.69, 9.17) is 0 Å². The molecule has 0 aliphatic rings. The van der Waals surface area contributed by atoms with Gasteiger partial charge in [0.1, 0.15) is 11.6 Å². The molecule has 0 aliphatic heterocycles. The van der Waals surface area contributed by atoms with Crippen molar-refractivity contribution in [3.8, 4) is 0 Å². The first-order valence-electron chi connectivity index (χ1n) is 5.89. The van der Waals surface area contributed by atoms with Crippen molar-refractivity contribution in [1.82, 2.24) is 15.3 Å². The molecule has 0 atom stereocenters. The molecule has 1 aromatic carbocycles. The van der Waals surface area contributed by atoms with Crippen molar-refractivity contribution in [2.45, 2.75) is 0 Å². The van der Waals surface area contributed by atoms with Crippen molar-refractivity contribution in [1.29, 1.82) is 0 Å². The molecule has 7 heteroatoms. The fourth-order valence-electron chi connectivity index (χ4n) is 1.54. The van der Waals surface area contributed by atoms with Gasteiger partial charge in [-0.05, 0) is 18.2 Å². The van der Waals surface area contributed by atoms with Crippen LogP contribution in [0.15, 0.2) is 41.3 Å². The SMILES string of the molecule is O=C(NCCNc1cnccn1)c1cc(F)cc(Br)c1. The highest BCUT2D eigenvalue weighted by atomic mass is 79.9. The van der Waals surface area contributed by atoms with E-state index in [-0.39, 0.29) is 11.5 Å². The number of carbonyl (C=O) groups is 1. The molecule has 2 aromatic rings. The van der Waals surface area contributed by atoms with Crippen LogP contribution in [-0.2, 0) is 0 Å². The summed E-state index contributed by atoms with van der Waals surface area (Å²) in [5.74, 6) is -0.149. The molecule has 0 radical (unpaired) electrons. The topological polar surface area (TPSA) is 66.9 Å². The van der Waals surface area contributed by atoms with E-state index in [1.54, 1.807) is 24.7 Å². The van der Waals surface area contributed by atoms with Crippen LogP contribution in [-0.4, -0.2) is 29.0 Å². The fourth-order valence-corrected chi connectivity index (χ4v) is 2.01. The second-order valence-corrected chi connectivity index (χ2v) is 4.85. The maximum atomic E-state index is 13.2. The van der Waals surface area contributed by atoms with E-state index in [0.717, 1.165) is 0 Å². The quantitative estimate of drug-likeness (QED) is 0.820. The lowest BCUT2D eigenvalue weighted by molar-refractivity contribution is 0.0954. The van der Waals surface area contributed by atoms with Gasteiger partial charge in [0.2, 0.25) is 0 Å². The Morgan fingerprint density at radius 1 is 1.25 bits per heavy atom. The van der Waals surface area contributed by atoms with Gasteiger partial charge >= 0.3 is 0 Å². The van der Waals surface area contributed by atoms with Gasteiger partial charge in [0, 0.05) is 35.5 Å².